The summed E-state index contributed by atoms with van der Waals surface area (Å²) in [5.74, 6) is -1.94. The molecule has 1 N–H and O–H groups in total. The smallest absolute Gasteiger partial charge is 0.326 e. The first-order chi connectivity index (χ1) is 9.85. The van der Waals surface area contributed by atoms with Crippen molar-refractivity contribution in [1.82, 2.24) is 4.90 Å². The Morgan fingerprint density at radius 1 is 1.24 bits per heavy atom. The van der Waals surface area contributed by atoms with Gasteiger partial charge in [0.1, 0.15) is 11.8 Å². The van der Waals surface area contributed by atoms with Gasteiger partial charge >= 0.3 is 5.97 Å². The van der Waals surface area contributed by atoms with E-state index in [0.29, 0.717) is 12.8 Å². The van der Waals surface area contributed by atoms with Crippen LogP contribution in [0.25, 0.3) is 0 Å². The van der Waals surface area contributed by atoms with Crippen LogP contribution in [0.1, 0.15) is 45.4 Å². The Bertz CT molecular complexity index is 515. The van der Waals surface area contributed by atoms with Crippen molar-refractivity contribution in [3.05, 3.63) is 0 Å². The van der Waals surface area contributed by atoms with Crippen molar-refractivity contribution >= 4 is 21.7 Å². The van der Waals surface area contributed by atoms with Gasteiger partial charge in [-0.15, -0.1) is 0 Å². The normalized spacial score (nSPS) is 29.2. The lowest BCUT2D eigenvalue weighted by Gasteiger charge is -2.33. The molecule has 3 atom stereocenters. The molecule has 0 spiro atoms. The van der Waals surface area contributed by atoms with E-state index in [-0.39, 0.29) is 17.7 Å². The van der Waals surface area contributed by atoms with Crippen LogP contribution in [0.15, 0.2) is 0 Å². The lowest BCUT2D eigenvalue weighted by Crippen LogP contribution is -2.48. The molecule has 0 aromatic carbocycles. The minimum atomic E-state index is -3.44. The molecular formula is C14H23NO5S. The molecule has 2 aliphatic rings. The highest BCUT2D eigenvalue weighted by molar-refractivity contribution is 7.92. The number of rotatable bonds is 5. The number of amides is 1. The van der Waals surface area contributed by atoms with Crippen molar-refractivity contribution in [2.45, 2.75) is 57.5 Å². The van der Waals surface area contributed by atoms with Crippen LogP contribution >= 0.6 is 0 Å². The molecule has 0 aromatic rings. The maximum absolute atomic E-state index is 12.4. The van der Waals surface area contributed by atoms with Gasteiger partial charge in [-0.2, -0.15) is 0 Å². The monoisotopic (exact) mass is 317 g/mol. The van der Waals surface area contributed by atoms with Gasteiger partial charge in [-0.05, 0) is 31.6 Å². The summed E-state index contributed by atoms with van der Waals surface area (Å²) in [6, 6.07) is -0.952. The average Bonchev–Trinajstić information content (AvgIpc) is 2.77. The summed E-state index contributed by atoms with van der Waals surface area (Å²) >= 11 is 0. The molecule has 1 saturated carbocycles. The average molecular weight is 317 g/mol. The van der Waals surface area contributed by atoms with E-state index in [1.165, 1.54) is 4.90 Å². The van der Waals surface area contributed by atoms with Gasteiger partial charge in [0.05, 0.1) is 5.75 Å². The number of carboxylic acid groups (broad SMARTS) is 1. The summed E-state index contributed by atoms with van der Waals surface area (Å²) < 4.78 is 23.7. The third-order valence-electron chi connectivity index (χ3n) is 4.52. The van der Waals surface area contributed by atoms with E-state index in [4.69, 9.17) is 0 Å². The predicted molar refractivity (Wildman–Crippen MR) is 77.6 cm³/mol. The molecule has 1 amide bonds. The highest BCUT2D eigenvalue weighted by atomic mass is 32.2. The predicted octanol–water partition coefficient (Wildman–Crippen LogP) is 1.06. The van der Waals surface area contributed by atoms with Crippen molar-refractivity contribution in [3.8, 4) is 0 Å². The molecule has 6 nitrogen and oxygen atoms in total. The van der Waals surface area contributed by atoms with E-state index in [1.807, 2.05) is 0 Å². The highest BCUT2D eigenvalue weighted by Crippen LogP contribution is 2.39. The van der Waals surface area contributed by atoms with Crippen molar-refractivity contribution in [2.24, 2.45) is 5.92 Å². The Labute approximate surface area is 125 Å². The zero-order valence-electron chi connectivity index (χ0n) is 12.3. The molecular weight excluding hydrogens is 294 g/mol. The number of hydrogen-bond donors (Lipinski definition) is 1. The third kappa shape index (κ3) is 3.56. The lowest BCUT2D eigenvalue weighted by atomic mass is 9.85. The van der Waals surface area contributed by atoms with Crippen LogP contribution in [0.3, 0.4) is 0 Å². The molecule has 2 rings (SSSR count). The van der Waals surface area contributed by atoms with E-state index < -0.39 is 33.5 Å². The molecule has 120 valence electrons. The van der Waals surface area contributed by atoms with E-state index in [2.05, 4.69) is 0 Å². The molecule has 0 radical (unpaired) electrons. The SMILES string of the molecule is CCCS(=O)(=O)CC(=O)N1[C@H](C(=O)O)C[C@@H]2CCCC[C@@H]21. The first kappa shape index (κ1) is 16.3. The number of fused-ring (bicyclic) bond motifs is 1. The first-order valence-corrected chi connectivity index (χ1v) is 9.42. The standard InChI is InChI=1S/C14H23NO5S/c1-2-7-21(19,20)9-13(16)15-11-6-4-3-5-10(11)8-12(15)14(17)18/h10-12H,2-9H2,1H3,(H,17,18)/t10-,11-,12-/m0/s1. The molecule has 1 aliphatic carbocycles. The molecule has 1 saturated heterocycles. The van der Waals surface area contributed by atoms with Crippen LogP contribution in [-0.2, 0) is 19.4 Å². The Morgan fingerprint density at radius 2 is 1.90 bits per heavy atom. The van der Waals surface area contributed by atoms with E-state index in [0.717, 1.165) is 25.7 Å². The van der Waals surface area contributed by atoms with Crippen LogP contribution in [0, 0.1) is 5.92 Å². The van der Waals surface area contributed by atoms with Gasteiger partial charge in [-0.3, -0.25) is 4.79 Å². The van der Waals surface area contributed by atoms with Crippen LogP contribution in [0.2, 0.25) is 0 Å². The largest absolute Gasteiger partial charge is 0.480 e. The van der Waals surface area contributed by atoms with Gasteiger partial charge < -0.3 is 10.0 Å². The number of carbonyl (C=O) groups is 2. The van der Waals surface area contributed by atoms with Gasteiger partial charge in [0.15, 0.2) is 9.84 Å². The van der Waals surface area contributed by atoms with Crippen LogP contribution in [0.4, 0.5) is 0 Å². The van der Waals surface area contributed by atoms with Gasteiger partial charge in [0.25, 0.3) is 0 Å². The van der Waals surface area contributed by atoms with Crippen LogP contribution in [0.5, 0.6) is 0 Å². The third-order valence-corrected chi connectivity index (χ3v) is 6.24. The molecule has 2 fully saturated rings. The maximum atomic E-state index is 12.4. The molecule has 21 heavy (non-hydrogen) atoms. The number of carbonyl (C=O) groups excluding carboxylic acids is 1. The lowest BCUT2D eigenvalue weighted by molar-refractivity contribution is -0.148. The van der Waals surface area contributed by atoms with Gasteiger partial charge in [-0.25, -0.2) is 13.2 Å². The summed E-state index contributed by atoms with van der Waals surface area (Å²) in [4.78, 5) is 25.2. The zero-order chi connectivity index (χ0) is 15.6. The fourth-order valence-electron chi connectivity index (χ4n) is 3.69. The zero-order valence-corrected chi connectivity index (χ0v) is 13.1. The topological polar surface area (TPSA) is 91.8 Å². The van der Waals surface area contributed by atoms with Crippen LogP contribution < -0.4 is 0 Å². The second kappa shape index (κ2) is 6.34. The number of sulfone groups is 1. The van der Waals surface area contributed by atoms with Gasteiger partial charge in [-0.1, -0.05) is 19.8 Å². The number of hydrogen-bond acceptors (Lipinski definition) is 4. The van der Waals surface area contributed by atoms with Crippen molar-refractivity contribution in [2.75, 3.05) is 11.5 Å². The summed E-state index contributed by atoms with van der Waals surface area (Å²) in [5.41, 5.74) is 0. The number of likely N-dealkylation sites (tertiary alicyclic amines) is 1. The first-order valence-electron chi connectivity index (χ1n) is 7.60. The summed E-state index contributed by atoms with van der Waals surface area (Å²) in [6.45, 7) is 1.75. The van der Waals surface area contributed by atoms with Crippen molar-refractivity contribution in [3.63, 3.8) is 0 Å². The van der Waals surface area contributed by atoms with Crippen molar-refractivity contribution in [1.29, 1.82) is 0 Å². The minimum absolute atomic E-state index is 0.0294. The second-order valence-corrected chi connectivity index (χ2v) is 8.28. The quantitative estimate of drug-likeness (QED) is 0.818. The van der Waals surface area contributed by atoms with Crippen LogP contribution in [-0.4, -0.2) is 53.9 Å². The highest BCUT2D eigenvalue weighted by Gasteiger charge is 2.47. The second-order valence-electron chi connectivity index (χ2n) is 6.09. The number of aliphatic carboxylic acids is 1. The molecule has 1 heterocycles. The summed E-state index contributed by atoms with van der Waals surface area (Å²) in [7, 11) is -3.44. The van der Waals surface area contributed by atoms with E-state index >= 15 is 0 Å². The van der Waals surface area contributed by atoms with Gasteiger partial charge in [0.2, 0.25) is 5.91 Å². The maximum Gasteiger partial charge on any atom is 0.326 e. The summed E-state index contributed by atoms with van der Waals surface area (Å²) in [6.07, 6.45) is 4.67. The Hall–Kier alpha value is -1.11. The van der Waals surface area contributed by atoms with Gasteiger partial charge in [0, 0.05) is 6.04 Å². The summed E-state index contributed by atoms with van der Waals surface area (Å²) in [5, 5.41) is 9.34. The molecule has 7 heteroatoms. The number of nitrogens with zero attached hydrogens (tertiary/aromatic N) is 1. The van der Waals surface area contributed by atoms with E-state index in [1.54, 1.807) is 6.92 Å². The fourth-order valence-corrected chi connectivity index (χ4v) is 4.98. The van der Waals surface area contributed by atoms with Crippen molar-refractivity contribution < 1.29 is 23.1 Å². The molecule has 1 aliphatic heterocycles. The Morgan fingerprint density at radius 3 is 2.52 bits per heavy atom. The Balaban J connectivity index is 2.17. The number of carboxylic acids is 1. The Kier molecular flexibility index (Phi) is 4.91. The fraction of sp³-hybridized carbons (Fsp3) is 0.857. The minimum Gasteiger partial charge on any atom is -0.480 e. The molecule has 0 bridgehead atoms. The molecule has 0 unspecified atom stereocenters. The van der Waals surface area contributed by atoms with E-state index in [9.17, 15) is 23.1 Å². The molecule has 0 aromatic heterocycles.